The summed E-state index contributed by atoms with van der Waals surface area (Å²) in [5.74, 6) is -8.44. The van der Waals surface area contributed by atoms with Crippen molar-refractivity contribution in [2.75, 3.05) is 13.7 Å². The zero-order chi connectivity index (χ0) is 25.9. The van der Waals surface area contributed by atoms with Crippen LogP contribution in [0.3, 0.4) is 0 Å². The molecule has 2 aliphatic rings. The first-order chi connectivity index (χ1) is 17.1. The summed E-state index contributed by atoms with van der Waals surface area (Å²) in [6.07, 6.45) is -0.188. The summed E-state index contributed by atoms with van der Waals surface area (Å²) in [6, 6.07) is 6.43. The SMILES string of the molecule is COc1cc(C2C(C(=O)O)CC(c3oc4cc(O)cc(O)c4c(=O)c3O)C3C(=O)OCC32)ccc1O. The minimum absolute atomic E-state index is 0.0994. The van der Waals surface area contributed by atoms with Gasteiger partial charge < -0.3 is 39.4 Å². The molecule has 2 heterocycles. The van der Waals surface area contributed by atoms with E-state index in [1.165, 1.54) is 19.2 Å². The number of carboxylic acid groups (broad SMARTS) is 1. The second-order valence-electron chi connectivity index (χ2n) is 9.05. The highest BCUT2D eigenvalue weighted by Crippen LogP contribution is 2.56. The summed E-state index contributed by atoms with van der Waals surface area (Å²) >= 11 is 0. The van der Waals surface area contributed by atoms with Gasteiger partial charge in [-0.15, -0.1) is 0 Å². The van der Waals surface area contributed by atoms with Crippen molar-refractivity contribution in [1.82, 2.24) is 0 Å². The second-order valence-corrected chi connectivity index (χ2v) is 9.05. The molecule has 0 radical (unpaired) electrons. The van der Waals surface area contributed by atoms with E-state index in [9.17, 15) is 39.9 Å². The van der Waals surface area contributed by atoms with Gasteiger partial charge in [0.25, 0.3) is 0 Å². The molecule has 5 atom stereocenters. The maximum atomic E-state index is 12.9. The predicted molar refractivity (Wildman–Crippen MR) is 121 cm³/mol. The molecule has 11 nitrogen and oxygen atoms in total. The Morgan fingerprint density at radius 3 is 2.47 bits per heavy atom. The van der Waals surface area contributed by atoms with Gasteiger partial charge in [-0.2, -0.15) is 0 Å². The van der Waals surface area contributed by atoms with Crippen LogP contribution in [-0.2, 0) is 14.3 Å². The Kier molecular flexibility index (Phi) is 5.42. The van der Waals surface area contributed by atoms with E-state index in [1.807, 2.05) is 0 Å². The highest BCUT2D eigenvalue weighted by Gasteiger charge is 2.56. The van der Waals surface area contributed by atoms with Crippen LogP contribution in [0.25, 0.3) is 11.0 Å². The largest absolute Gasteiger partial charge is 0.508 e. The van der Waals surface area contributed by atoms with Gasteiger partial charge in [0.1, 0.15) is 22.5 Å². The van der Waals surface area contributed by atoms with Gasteiger partial charge in [0, 0.05) is 29.9 Å². The van der Waals surface area contributed by atoms with Crippen LogP contribution in [0.15, 0.2) is 39.5 Å². The first-order valence-electron chi connectivity index (χ1n) is 11.1. The van der Waals surface area contributed by atoms with Crippen LogP contribution in [0.1, 0.15) is 29.6 Å². The number of carbonyl (C=O) groups excluding carboxylic acids is 1. The van der Waals surface area contributed by atoms with E-state index in [0.29, 0.717) is 5.56 Å². The fourth-order valence-corrected chi connectivity index (χ4v) is 5.66. The number of fused-ring (bicyclic) bond motifs is 2. The van der Waals surface area contributed by atoms with Gasteiger partial charge >= 0.3 is 11.9 Å². The van der Waals surface area contributed by atoms with Crippen molar-refractivity contribution in [2.24, 2.45) is 17.8 Å². The van der Waals surface area contributed by atoms with Crippen molar-refractivity contribution < 1.29 is 49.0 Å². The second kappa shape index (κ2) is 8.36. The Bertz CT molecular complexity index is 1460. The number of carbonyl (C=O) groups is 2. The predicted octanol–water partition coefficient (Wildman–Crippen LogP) is 2.39. The van der Waals surface area contributed by atoms with Crippen LogP contribution in [0.4, 0.5) is 0 Å². The zero-order valence-corrected chi connectivity index (χ0v) is 18.9. The van der Waals surface area contributed by atoms with Crippen LogP contribution >= 0.6 is 0 Å². The number of phenols is 3. The molecule has 3 aromatic rings. The molecule has 0 amide bonds. The molecule has 1 aliphatic carbocycles. The van der Waals surface area contributed by atoms with E-state index in [2.05, 4.69) is 0 Å². The fourth-order valence-electron chi connectivity index (χ4n) is 5.66. The molecular formula is C25H22O11. The molecule has 1 saturated carbocycles. The van der Waals surface area contributed by atoms with Crippen molar-refractivity contribution in [3.63, 3.8) is 0 Å². The number of ether oxygens (including phenoxy) is 2. The van der Waals surface area contributed by atoms with Crippen molar-refractivity contribution in [3.8, 4) is 28.7 Å². The lowest BCUT2D eigenvalue weighted by Gasteiger charge is -2.40. The van der Waals surface area contributed by atoms with Gasteiger partial charge in [0.15, 0.2) is 17.3 Å². The molecule has 1 aromatic heterocycles. The number of phenolic OH excluding ortho intramolecular Hbond substituents is 3. The van der Waals surface area contributed by atoms with Crippen LogP contribution in [0.2, 0.25) is 0 Å². The van der Waals surface area contributed by atoms with E-state index < -0.39 is 64.2 Å². The van der Waals surface area contributed by atoms with E-state index in [0.717, 1.165) is 12.1 Å². The standard InChI is InChI=1S/C25H22O11/c1-34-16-4-9(2-3-14(16)27)18-12(24(31)32)7-11(19-13(18)8-35-25(19)33)23-22(30)21(29)20-15(28)5-10(26)6-17(20)36-23/h2-6,11-13,18-19,26-28,30H,7-8H2,1H3,(H,31,32). The minimum atomic E-state index is -1.17. The summed E-state index contributed by atoms with van der Waals surface area (Å²) in [4.78, 5) is 38.2. The number of rotatable bonds is 4. The third kappa shape index (κ3) is 3.46. The number of cyclic esters (lactones) is 1. The van der Waals surface area contributed by atoms with Crippen LogP contribution in [0, 0.1) is 17.8 Å². The Labute approximate surface area is 202 Å². The van der Waals surface area contributed by atoms with Crippen molar-refractivity contribution in [1.29, 1.82) is 0 Å². The molecule has 0 spiro atoms. The number of carboxylic acids is 1. The van der Waals surface area contributed by atoms with Gasteiger partial charge in [0.05, 0.1) is 25.6 Å². The quantitative estimate of drug-likeness (QED) is 0.333. The summed E-state index contributed by atoms with van der Waals surface area (Å²) < 4.78 is 16.2. The van der Waals surface area contributed by atoms with E-state index in [4.69, 9.17) is 13.9 Å². The molecule has 2 aromatic carbocycles. The molecule has 0 bridgehead atoms. The van der Waals surface area contributed by atoms with Crippen LogP contribution < -0.4 is 10.2 Å². The molecule has 36 heavy (non-hydrogen) atoms. The third-order valence-corrected chi connectivity index (χ3v) is 7.19. The molecule has 5 rings (SSSR count). The first kappa shape index (κ1) is 23.3. The summed E-state index contributed by atoms with van der Waals surface area (Å²) in [7, 11) is 1.36. The number of aliphatic carboxylic acids is 1. The average molecular weight is 498 g/mol. The molecule has 1 saturated heterocycles. The van der Waals surface area contributed by atoms with Crippen molar-refractivity contribution in [2.45, 2.75) is 18.3 Å². The Morgan fingerprint density at radius 1 is 1.03 bits per heavy atom. The molecule has 5 N–H and O–H groups in total. The number of benzene rings is 2. The lowest BCUT2D eigenvalue weighted by molar-refractivity contribution is -0.148. The normalized spacial score (nSPS) is 25.4. The number of hydrogen-bond donors (Lipinski definition) is 5. The number of methoxy groups -OCH3 is 1. The Hall–Kier alpha value is -4.41. The number of esters is 1. The maximum Gasteiger partial charge on any atom is 0.310 e. The van der Waals surface area contributed by atoms with Gasteiger partial charge in [-0.1, -0.05) is 6.07 Å². The molecule has 5 unspecified atom stereocenters. The summed E-state index contributed by atoms with van der Waals surface area (Å²) in [5.41, 5.74) is -0.697. The molecule has 11 heteroatoms. The highest BCUT2D eigenvalue weighted by atomic mass is 16.5. The van der Waals surface area contributed by atoms with E-state index in [1.54, 1.807) is 6.07 Å². The Balaban J connectivity index is 1.67. The highest BCUT2D eigenvalue weighted by molar-refractivity contribution is 5.86. The van der Waals surface area contributed by atoms with E-state index in [-0.39, 0.29) is 41.3 Å². The van der Waals surface area contributed by atoms with Crippen LogP contribution in [-0.4, -0.2) is 51.2 Å². The van der Waals surface area contributed by atoms with Gasteiger partial charge in [-0.05, 0) is 24.1 Å². The molecule has 1 aliphatic heterocycles. The average Bonchev–Trinajstić information content (AvgIpc) is 3.22. The summed E-state index contributed by atoms with van der Waals surface area (Å²) in [5, 5.41) is 50.4. The third-order valence-electron chi connectivity index (χ3n) is 7.19. The van der Waals surface area contributed by atoms with Crippen molar-refractivity contribution in [3.05, 3.63) is 51.9 Å². The van der Waals surface area contributed by atoms with Gasteiger partial charge in [-0.25, -0.2) is 0 Å². The minimum Gasteiger partial charge on any atom is -0.508 e. The first-order valence-corrected chi connectivity index (χ1v) is 11.1. The number of aromatic hydroxyl groups is 4. The Morgan fingerprint density at radius 2 is 1.78 bits per heavy atom. The number of hydrogen-bond acceptors (Lipinski definition) is 10. The molecular weight excluding hydrogens is 476 g/mol. The topological polar surface area (TPSA) is 184 Å². The van der Waals surface area contributed by atoms with Crippen molar-refractivity contribution >= 4 is 22.9 Å². The lowest BCUT2D eigenvalue weighted by atomic mass is 9.60. The molecule has 2 fully saturated rings. The smallest absolute Gasteiger partial charge is 0.310 e. The van der Waals surface area contributed by atoms with Gasteiger partial charge in [0.2, 0.25) is 11.2 Å². The lowest BCUT2D eigenvalue weighted by Crippen LogP contribution is -2.41. The summed E-state index contributed by atoms with van der Waals surface area (Å²) in [6.45, 7) is -0.0994. The fraction of sp³-hybridized carbons (Fsp3) is 0.320. The monoisotopic (exact) mass is 498 g/mol. The molecule has 188 valence electrons. The van der Waals surface area contributed by atoms with Gasteiger partial charge in [-0.3, -0.25) is 14.4 Å². The maximum absolute atomic E-state index is 12.9. The van der Waals surface area contributed by atoms with E-state index >= 15 is 0 Å². The zero-order valence-electron chi connectivity index (χ0n) is 18.9. The van der Waals surface area contributed by atoms with Crippen LogP contribution in [0.5, 0.6) is 28.7 Å².